The topological polar surface area (TPSA) is 34.1 Å². The number of carbonyl (C=O) groups excluding carboxylic acids is 2. The summed E-state index contributed by atoms with van der Waals surface area (Å²) in [5, 5.41) is 0. The van der Waals surface area contributed by atoms with Crippen LogP contribution in [0, 0.1) is 0 Å². The number of ketones is 1. The minimum absolute atomic E-state index is 0.0489. The van der Waals surface area contributed by atoms with Gasteiger partial charge in [-0.25, -0.2) is 0 Å². The molecule has 2 nitrogen and oxygen atoms in total. The van der Waals surface area contributed by atoms with Crippen molar-refractivity contribution in [2.24, 2.45) is 0 Å². The van der Waals surface area contributed by atoms with Crippen LogP contribution in [0.25, 0.3) is 6.08 Å². The van der Waals surface area contributed by atoms with Crippen LogP contribution in [-0.4, -0.2) is 12.1 Å². The predicted molar refractivity (Wildman–Crippen MR) is 80.3 cm³/mol. The molecule has 0 radical (unpaired) electrons. The van der Waals surface area contributed by atoms with E-state index >= 15 is 0 Å². The monoisotopic (exact) mass is 264 g/mol. The van der Waals surface area contributed by atoms with E-state index in [-0.39, 0.29) is 12.2 Å². The van der Waals surface area contributed by atoms with Crippen LogP contribution in [0.3, 0.4) is 0 Å². The summed E-state index contributed by atoms with van der Waals surface area (Å²) in [5.74, 6) is -0.444. The van der Waals surface area contributed by atoms with Crippen molar-refractivity contribution in [3.8, 4) is 0 Å². The maximum Gasteiger partial charge on any atom is 0.163 e. The molecule has 0 saturated carbocycles. The van der Waals surface area contributed by atoms with Gasteiger partial charge in [0.1, 0.15) is 6.29 Å². The molecule has 2 rings (SSSR count). The fourth-order valence-electron chi connectivity index (χ4n) is 2.06. The highest BCUT2D eigenvalue weighted by Gasteiger charge is 2.17. The van der Waals surface area contributed by atoms with Crippen LogP contribution in [0.1, 0.15) is 23.5 Å². The van der Waals surface area contributed by atoms with Gasteiger partial charge in [-0.1, -0.05) is 66.7 Å². The van der Waals surface area contributed by atoms with Crippen molar-refractivity contribution in [2.45, 2.75) is 12.3 Å². The third-order valence-electron chi connectivity index (χ3n) is 3.12. The summed E-state index contributed by atoms with van der Waals surface area (Å²) >= 11 is 0. The Morgan fingerprint density at radius 3 is 2.15 bits per heavy atom. The van der Waals surface area contributed by atoms with E-state index in [1.165, 1.54) is 0 Å². The molecule has 0 aliphatic rings. The first-order valence-electron chi connectivity index (χ1n) is 6.57. The van der Waals surface area contributed by atoms with Crippen LogP contribution in [-0.2, 0) is 9.59 Å². The minimum atomic E-state index is -0.395. The Morgan fingerprint density at radius 2 is 1.55 bits per heavy atom. The van der Waals surface area contributed by atoms with Gasteiger partial charge in [0.25, 0.3) is 0 Å². The van der Waals surface area contributed by atoms with E-state index in [2.05, 4.69) is 0 Å². The highest BCUT2D eigenvalue weighted by atomic mass is 16.1. The molecule has 0 spiro atoms. The van der Waals surface area contributed by atoms with Crippen molar-refractivity contribution in [3.63, 3.8) is 0 Å². The second-order valence-electron chi connectivity index (χ2n) is 4.51. The second kappa shape index (κ2) is 7.19. The molecule has 0 N–H and O–H groups in total. The van der Waals surface area contributed by atoms with Crippen molar-refractivity contribution in [1.29, 1.82) is 0 Å². The SMILES string of the molecule is O=CCC(C(=O)/C=C/c1ccccc1)c1ccccc1. The lowest BCUT2D eigenvalue weighted by molar-refractivity contribution is -0.118. The van der Waals surface area contributed by atoms with Crippen LogP contribution in [0.15, 0.2) is 66.7 Å². The Hall–Kier alpha value is -2.48. The van der Waals surface area contributed by atoms with E-state index in [0.29, 0.717) is 0 Å². The zero-order valence-electron chi connectivity index (χ0n) is 11.1. The molecule has 0 saturated heterocycles. The molecular weight excluding hydrogens is 248 g/mol. The highest BCUT2D eigenvalue weighted by molar-refractivity contribution is 5.99. The van der Waals surface area contributed by atoms with Gasteiger partial charge in [-0.15, -0.1) is 0 Å². The van der Waals surface area contributed by atoms with Gasteiger partial charge in [-0.3, -0.25) is 4.79 Å². The van der Waals surface area contributed by atoms with Crippen LogP contribution in [0.4, 0.5) is 0 Å². The average molecular weight is 264 g/mol. The van der Waals surface area contributed by atoms with Crippen molar-refractivity contribution < 1.29 is 9.59 Å². The van der Waals surface area contributed by atoms with Crippen LogP contribution >= 0.6 is 0 Å². The van der Waals surface area contributed by atoms with E-state index in [0.717, 1.165) is 17.4 Å². The summed E-state index contributed by atoms with van der Waals surface area (Å²) in [4.78, 5) is 23.1. The molecule has 0 aromatic heterocycles. The Labute approximate surface area is 118 Å². The first-order valence-corrected chi connectivity index (χ1v) is 6.57. The molecule has 0 fully saturated rings. The smallest absolute Gasteiger partial charge is 0.163 e. The summed E-state index contributed by atoms with van der Waals surface area (Å²) in [5.41, 5.74) is 1.85. The average Bonchev–Trinajstić information content (AvgIpc) is 2.52. The van der Waals surface area contributed by atoms with Gasteiger partial charge in [-0.2, -0.15) is 0 Å². The summed E-state index contributed by atoms with van der Waals surface area (Å²) in [6, 6.07) is 19.0. The number of hydrogen-bond donors (Lipinski definition) is 0. The van der Waals surface area contributed by atoms with E-state index < -0.39 is 5.92 Å². The Morgan fingerprint density at radius 1 is 0.950 bits per heavy atom. The van der Waals surface area contributed by atoms with E-state index in [1.54, 1.807) is 12.2 Å². The van der Waals surface area contributed by atoms with Gasteiger partial charge in [0.2, 0.25) is 0 Å². The number of allylic oxidation sites excluding steroid dienone is 1. The number of carbonyl (C=O) groups is 2. The molecule has 0 aliphatic carbocycles. The molecule has 100 valence electrons. The quantitative estimate of drug-likeness (QED) is 0.589. The van der Waals surface area contributed by atoms with Crippen LogP contribution in [0.5, 0.6) is 0 Å². The summed E-state index contributed by atoms with van der Waals surface area (Å²) in [6.07, 6.45) is 4.34. The molecule has 0 heterocycles. The lowest BCUT2D eigenvalue weighted by Gasteiger charge is -2.10. The summed E-state index contributed by atoms with van der Waals surface area (Å²) in [6.45, 7) is 0. The molecule has 2 aromatic rings. The maximum absolute atomic E-state index is 12.3. The van der Waals surface area contributed by atoms with Gasteiger partial charge in [0.15, 0.2) is 5.78 Å². The Kier molecular flexibility index (Phi) is 5.01. The zero-order valence-corrected chi connectivity index (χ0v) is 11.1. The fourth-order valence-corrected chi connectivity index (χ4v) is 2.06. The molecule has 0 bridgehead atoms. The minimum Gasteiger partial charge on any atom is -0.303 e. The summed E-state index contributed by atoms with van der Waals surface area (Å²) < 4.78 is 0. The van der Waals surface area contributed by atoms with Gasteiger partial charge < -0.3 is 4.79 Å². The van der Waals surface area contributed by atoms with Gasteiger partial charge >= 0.3 is 0 Å². The zero-order chi connectivity index (χ0) is 14.2. The van der Waals surface area contributed by atoms with E-state index in [1.807, 2.05) is 60.7 Å². The molecule has 2 aromatic carbocycles. The van der Waals surface area contributed by atoms with E-state index in [9.17, 15) is 9.59 Å². The van der Waals surface area contributed by atoms with Crippen molar-refractivity contribution in [3.05, 3.63) is 77.9 Å². The van der Waals surface area contributed by atoms with Crippen molar-refractivity contribution in [2.75, 3.05) is 0 Å². The van der Waals surface area contributed by atoms with Gasteiger partial charge in [0.05, 0.1) is 5.92 Å². The molecule has 1 unspecified atom stereocenters. The maximum atomic E-state index is 12.3. The van der Waals surface area contributed by atoms with Gasteiger partial charge in [-0.05, 0) is 17.2 Å². The predicted octanol–water partition coefficient (Wildman–Crippen LogP) is 3.64. The number of benzene rings is 2. The lowest BCUT2D eigenvalue weighted by atomic mass is 9.91. The number of rotatable bonds is 6. The molecule has 0 amide bonds. The normalized spacial score (nSPS) is 12.2. The second-order valence-corrected chi connectivity index (χ2v) is 4.51. The van der Waals surface area contributed by atoms with Gasteiger partial charge in [0, 0.05) is 6.42 Å². The molecule has 20 heavy (non-hydrogen) atoms. The van der Waals surface area contributed by atoms with Crippen LogP contribution in [0.2, 0.25) is 0 Å². The van der Waals surface area contributed by atoms with Crippen molar-refractivity contribution in [1.82, 2.24) is 0 Å². The highest BCUT2D eigenvalue weighted by Crippen LogP contribution is 2.20. The third kappa shape index (κ3) is 3.75. The molecule has 0 aliphatic heterocycles. The largest absolute Gasteiger partial charge is 0.303 e. The number of hydrogen-bond acceptors (Lipinski definition) is 2. The first kappa shape index (κ1) is 13.9. The molecular formula is C18H16O2. The Bertz CT molecular complexity index is 585. The fraction of sp³-hybridized carbons (Fsp3) is 0.111. The Balaban J connectivity index is 2.16. The van der Waals surface area contributed by atoms with Crippen LogP contribution < -0.4 is 0 Å². The molecule has 2 heteroatoms. The van der Waals surface area contributed by atoms with E-state index in [4.69, 9.17) is 0 Å². The number of aldehydes is 1. The van der Waals surface area contributed by atoms with Crippen molar-refractivity contribution >= 4 is 18.1 Å². The standard InChI is InChI=1S/C18H16O2/c19-14-13-17(16-9-5-2-6-10-16)18(20)12-11-15-7-3-1-4-8-15/h1-12,14,17H,13H2/b12-11+. The lowest BCUT2D eigenvalue weighted by Crippen LogP contribution is -2.10. The first-order chi connectivity index (χ1) is 9.81. The third-order valence-corrected chi connectivity index (χ3v) is 3.12. The molecule has 1 atom stereocenters. The summed E-state index contributed by atoms with van der Waals surface area (Å²) in [7, 11) is 0.